The summed E-state index contributed by atoms with van der Waals surface area (Å²) in [5, 5.41) is 5.31. The number of anilines is 1. The third-order valence-electron chi connectivity index (χ3n) is 6.98. The summed E-state index contributed by atoms with van der Waals surface area (Å²) in [4.78, 5) is 16.9. The predicted octanol–water partition coefficient (Wildman–Crippen LogP) is 4.59. The van der Waals surface area contributed by atoms with Gasteiger partial charge in [0.15, 0.2) is 0 Å². The van der Waals surface area contributed by atoms with Gasteiger partial charge >= 0.3 is 0 Å². The third kappa shape index (κ3) is 6.06. The number of aryl methyl sites for hydroxylation is 2. The maximum Gasteiger partial charge on any atom is 0.269 e. The van der Waals surface area contributed by atoms with Crippen molar-refractivity contribution >= 4 is 23.2 Å². The number of carbonyl (C=O) groups excluding carboxylic acids is 1. The predicted molar refractivity (Wildman–Crippen MR) is 143 cm³/mol. The smallest absolute Gasteiger partial charge is 0.269 e. The van der Waals surface area contributed by atoms with Gasteiger partial charge < -0.3 is 10.6 Å². The zero-order chi connectivity index (χ0) is 25.2. The number of primary amides is 1. The number of nitrogens with two attached hydrogens (primary N) is 1. The SMILES string of the molecule is Cc1ccc(N2CCN(CCn3nc(C(N)=O)cc3C(C)(C)Cc3ccc(Cl)cc3)CC2)c(C)c1. The monoisotopic (exact) mass is 493 g/mol. The molecule has 1 aliphatic rings. The maximum absolute atomic E-state index is 11.9. The highest BCUT2D eigenvalue weighted by molar-refractivity contribution is 6.30. The van der Waals surface area contributed by atoms with Gasteiger partial charge in [0, 0.05) is 54.5 Å². The Morgan fingerprint density at radius 3 is 2.31 bits per heavy atom. The molecule has 0 spiro atoms. The van der Waals surface area contributed by atoms with E-state index < -0.39 is 5.91 Å². The number of hydrogen-bond donors (Lipinski definition) is 1. The van der Waals surface area contributed by atoms with Crippen molar-refractivity contribution in [3.05, 3.63) is 81.6 Å². The second kappa shape index (κ2) is 10.4. The molecular formula is C28H36ClN5O. The van der Waals surface area contributed by atoms with E-state index in [9.17, 15) is 4.79 Å². The molecule has 0 unspecified atom stereocenters. The molecule has 2 N–H and O–H groups in total. The zero-order valence-corrected chi connectivity index (χ0v) is 22.0. The number of carbonyl (C=O) groups is 1. The molecule has 1 saturated heterocycles. The molecule has 7 heteroatoms. The van der Waals surface area contributed by atoms with Crippen molar-refractivity contribution < 1.29 is 4.79 Å². The molecule has 1 aromatic heterocycles. The molecule has 1 fully saturated rings. The van der Waals surface area contributed by atoms with Crippen molar-refractivity contribution in [2.45, 2.75) is 46.1 Å². The first kappa shape index (κ1) is 25.3. The first-order valence-corrected chi connectivity index (χ1v) is 12.7. The normalized spacial score (nSPS) is 14.9. The summed E-state index contributed by atoms with van der Waals surface area (Å²) in [6.45, 7) is 14.3. The van der Waals surface area contributed by atoms with Crippen LogP contribution in [0.4, 0.5) is 5.69 Å². The molecular weight excluding hydrogens is 458 g/mol. The number of amides is 1. The fourth-order valence-electron chi connectivity index (χ4n) is 5.06. The summed E-state index contributed by atoms with van der Waals surface area (Å²) in [6.07, 6.45) is 0.808. The second-order valence-electron chi connectivity index (χ2n) is 10.3. The number of benzene rings is 2. The first-order valence-electron chi connectivity index (χ1n) is 12.3. The van der Waals surface area contributed by atoms with Crippen LogP contribution in [0.5, 0.6) is 0 Å². The van der Waals surface area contributed by atoms with E-state index in [0.717, 1.165) is 56.4 Å². The van der Waals surface area contributed by atoms with E-state index in [1.165, 1.54) is 22.4 Å². The van der Waals surface area contributed by atoms with Gasteiger partial charge in [-0.05, 0) is 55.7 Å². The zero-order valence-electron chi connectivity index (χ0n) is 21.2. The Hall–Kier alpha value is -2.83. The number of halogens is 1. The van der Waals surface area contributed by atoms with Crippen molar-refractivity contribution in [2.24, 2.45) is 5.73 Å². The number of rotatable bonds is 8. The fourth-order valence-corrected chi connectivity index (χ4v) is 5.19. The van der Waals surface area contributed by atoms with Crippen molar-refractivity contribution in [1.82, 2.24) is 14.7 Å². The minimum Gasteiger partial charge on any atom is -0.369 e. The van der Waals surface area contributed by atoms with Crippen LogP contribution in [0.3, 0.4) is 0 Å². The first-order chi connectivity index (χ1) is 16.6. The van der Waals surface area contributed by atoms with Crippen LogP contribution in [0.2, 0.25) is 5.02 Å². The number of nitrogens with zero attached hydrogens (tertiary/aromatic N) is 4. The van der Waals surface area contributed by atoms with E-state index in [1.54, 1.807) is 0 Å². The largest absolute Gasteiger partial charge is 0.369 e. The van der Waals surface area contributed by atoms with Crippen LogP contribution in [0.1, 0.15) is 46.7 Å². The van der Waals surface area contributed by atoms with Crippen LogP contribution in [0.25, 0.3) is 0 Å². The van der Waals surface area contributed by atoms with Gasteiger partial charge in [0.25, 0.3) is 5.91 Å². The van der Waals surface area contributed by atoms with Crippen LogP contribution in [-0.2, 0) is 18.4 Å². The molecule has 0 radical (unpaired) electrons. The van der Waals surface area contributed by atoms with Crippen LogP contribution < -0.4 is 10.6 Å². The van der Waals surface area contributed by atoms with Crippen LogP contribution >= 0.6 is 11.6 Å². The fraction of sp³-hybridized carbons (Fsp3) is 0.429. The van der Waals surface area contributed by atoms with E-state index in [0.29, 0.717) is 5.69 Å². The molecule has 4 rings (SSSR count). The molecule has 35 heavy (non-hydrogen) atoms. The third-order valence-corrected chi connectivity index (χ3v) is 7.23. The summed E-state index contributed by atoms with van der Waals surface area (Å²) >= 11 is 6.06. The standard InChI is InChI=1S/C28H36ClN5O/c1-20-5-10-25(21(2)17-20)33-14-11-32(12-15-33)13-16-34-26(18-24(31-34)27(30)35)28(3,4)19-22-6-8-23(29)9-7-22/h5-10,17-18H,11-16,19H2,1-4H3,(H2,30,35). The summed E-state index contributed by atoms with van der Waals surface area (Å²) in [6, 6.07) is 16.5. The molecule has 2 heterocycles. The van der Waals surface area contributed by atoms with E-state index in [2.05, 4.69) is 72.9 Å². The number of piperazine rings is 1. The molecule has 0 bridgehead atoms. The molecule has 2 aromatic carbocycles. The molecule has 6 nitrogen and oxygen atoms in total. The van der Waals surface area contributed by atoms with Gasteiger partial charge in [-0.2, -0.15) is 5.10 Å². The average molecular weight is 494 g/mol. The lowest BCUT2D eigenvalue weighted by atomic mass is 9.82. The Morgan fingerprint density at radius 1 is 1.00 bits per heavy atom. The lowest BCUT2D eigenvalue weighted by Gasteiger charge is -2.37. The van der Waals surface area contributed by atoms with Crippen LogP contribution in [0, 0.1) is 13.8 Å². The van der Waals surface area contributed by atoms with Gasteiger partial charge in [-0.3, -0.25) is 14.4 Å². The molecule has 0 atom stereocenters. The lowest BCUT2D eigenvalue weighted by molar-refractivity contribution is 0.0994. The molecule has 0 aliphatic carbocycles. The Labute approximate surface area is 213 Å². The van der Waals surface area contributed by atoms with Crippen LogP contribution in [0.15, 0.2) is 48.5 Å². The van der Waals surface area contributed by atoms with E-state index in [-0.39, 0.29) is 5.41 Å². The molecule has 3 aromatic rings. The summed E-state index contributed by atoms with van der Waals surface area (Å²) in [5.41, 5.74) is 11.9. The lowest BCUT2D eigenvalue weighted by Crippen LogP contribution is -2.47. The van der Waals surface area contributed by atoms with E-state index >= 15 is 0 Å². The van der Waals surface area contributed by atoms with Gasteiger partial charge in [0.2, 0.25) is 0 Å². The topological polar surface area (TPSA) is 67.4 Å². The molecule has 186 valence electrons. The minimum atomic E-state index is -0.491. The Morgan fingerprint density at radius 2 is 1.69 bits per heavy atom. The number of hydrogen-bond acceptors (Lipinski definition) is 4. The highest BCUT2D eigenvalue weighted by atomic mass is 35.5. The number of aromatic nitrogens is 2. The molecule has 1 amide bonds. The second-order valence-corrected chi connectivity index (χ2v) is 10.7. The highest BCUT2D eigenvalue weighted by Crippen LogP contribution is 2.29. The van der Waals surface area contributed by atoms with Gasteiger partial charge in [0.1, 0.15) is 5.69 Å². The summed E-state index contributed by atoms with van der Waals surface area (Å²) in [5.74, 6) is -0.491. The van der Waals surface area contributed by atoms with Crippen LogP contribution in [-0.4, -0.2) is 53.3 Å². The average Bonchev–Trinajstić information content (AvgIpc) is 3.26. The Bertz CT molecular complexity index is 1180. The summed E-state index contributed by atoms with van der Waals surface area (Å²) in [7, 11) is 0. The summed E-state index contributed by atoms with van der Waals surface area (Å²) < 4.78 is 1.98. The maximum atomic E-state index is 11.9. The molecule has 0 saturated carbocycles. The van der Waals surface area contributed by atoms with Crippen molar-refractivity contribution in [2.75, 3.05) is 37.6 Å². The Balaban J connectivity index is 1.43. The quantitative estimate of drug-likeness (QED) is 0.498. The van der Waals surface area contributed by atoms with Gasteiger partial charge in [0.05, 0.1) is 6.54 Å². The van der Waals surface area contributed by atoms with Crippen molar-refractivity contribution in [3.63, 3.8) is 0 Å². The van der Waals surface area contributed by atoms with Gasteiger partial charge in [-0.25, -0.2) is 0 Å². The van der Waals surface area contributed by atoms with E-state index in [1.807, 2.05) is 22.9 Å². The minimum absolute atomic E-state index is 0.226. The van der Waals surface area contributed by atoms with E-state index in [4.69, 9.17) is 17.3 Å². The van der Waals surface area contributed by atoms with Crippen molar-refractivity contribution in [3.8, 4) is 0 Å². The van der Waals surface area contributed by atoms with Crippen molar-refractivity contribution in [1.29, 1.82) is 0 Å². The molecule has 1 aliphatic heterocycles. The Kier molecular flexibility index (Phi) is 7.53. The highest BCUT2D eigenvalue weighted by Gasteiger charge is 2.28. The van der Waals surface area contributed by atoms with Gasteiger partial charge in [-0.15, -0.1) is 0 Å². The van der Waals surface area contributed by atoms with Gasteiger partial charge in [-0.1, -0.05) is 55.3 Å².